The van der Waals surface area contributed by atoms with Crippen LogP contribution < -0.4 is 0 Å². The normalized spacial score (nSPS) is 50.9. The number of carbonyl (C=O) groups excluding carboxylic acids is 1. The lowest BCUT2D eigenvalue weighted by molar-refractivity contribution is -0.152. The van der Waals surface area contributed by atoms with E-state index in [4.69, 9.17) is 9.47 Å². The maximum atomic E-state index is 12.1. The third kappa shape index (κ3) is 2.29. The van der Waals surface area contributed by atoms with Crippen LogP contribution in [-0.2, 0) is 14.3 Å². The zero-order valence-electron chi connectivity index (χ0n) is 11.2. The van der Waals surface area contributed by atoms with Gasteiger partial charge in [0.15, 0.2) is 0 Å². The van der Waals surface area contributed by atoms with E-state index in [1.807, 2.05) is 0 Å². The number of ether oxygens (including phenoxy) is 2. The summed E-state index contributed by atoms with van der Waals surface area (Å²) in [4.78, 5) is 12.1. The minimum atomic E-state index is -0.418. The van der Waals surface area contributed by atoms with Crippen molar-refractivity contribution in [3.05, 3.63) is 0 Å². The number of hydrogen-bond donors (Lipinski definition) is 1. The van der Waals surface area contributed by atoms with Gasteiger partial charge in [-0.25, -0.2) is 0 Å². The van der Waals surface area contributed by atoms with Gasteiger partial charge in [0.05, 0.1) is 30.3 Å². The molecule has 4 aliphatic rings. The second-order valence-corrected chi connectivity index (χ2v) is 7.00. The summed E-state index contributed by atoms with van der Waals surface area (Å²) in [5.74, 6) is 0.845. The fourth-order valence-electron chi connectivity index (χ4n) is 4.03. The van der Waals surface area contributed by atoms with Gasteiger partial charge in [-0.3, -0.25) is 4.79 Å². The lowest BCUT2D eigenvalue weighted by Crippen LogP contribution is -2.29. The highest BCUT2D eigenvalue weighted by atomic mass is 16.6. The summed E-state index contributed by atoms with van der Waals surface area (Å²) in [5, 5.41) is 9.95. The van der Waals surface area contributed by atoms with Gasteiger partial charge in [0.1, 0.15) is 0 Å². The molecule has 0 spiro atoms. The summed E-state index contributed by atoms with van der Waals surface area (Å²) in [5.41, 5.74) is -0.418. The molecule has 4 nitrogen and oxygen atoms in total. The fraction of sp³-hybridized carbons (Fsp3) is 0.933. The van der Waals surface area contributed by atoms with Crippen molar-refractivity contribution in [2.24, 2.45) is 17.8 Å². The van der Waals surface area contributed by atoms with Gasteiger partial charge in [-0.15, -0.1) is 0 Å². The third-order valence-electron chi connectivity index (χ3n) is 5.60. The lowest BCUT2D eigenvalue weighted by Gasteiger charge is -2.25. The van der Waals surface area contributed by atoms with Crippen LogP contribution in [0, 0.1) is 17.8 Å². The fourth-order valence-corrected chi connectivity index (χ4v) is 4.03. The molecule has 0 bridgehead atoms. The average Bonchev–Trinajstić information content (AvgIpc) is 3.28. The molecule has 19 heavy (non-hydrogen) atoms. The minimum absolute atomic E-state index is 0.0290. The van der Waals surface area contributed by atoms with Crippen molar-refractivity contribution in [2.45, 2.75) is 62.8 Å². The van der Waals surface area contributed by atoms with Gasteiger partial charge in [0.25, 0.3) is 0 Å². The Morgan fingerprint density at radius 2 is 2.16 bits per heavy atom. The lowest BCUT2D eigenvalue weighted by atomic mass is 9.87. The quantitative estimate of drug-likeness (QED) is 0.623. The number of carbonyl (C=O) groups is 1. The molecule has 3 aliphatic carbocycles. The van der Waals surface area contributed by atoms with Crippen LogP contribution in [0.2, 0.25) is 0 Å². The molecule has 0 aromatic rings. The summed E-state index contributed by atoms with van der Waals surface area (Å²) in [6, 6.07) is 0. The first-order valence-corrected chi connectivity index (χ1v) is 7.68. The molecule has 0 amide bonds. The maximum Gasteiger partial charge on any atom is 0.308 e. The van der Waals surface area contributed by atoms with Gasteiger partial charge in [0, 0.05) is 0 Å². The van der Waals surface area contributed by atoms with Crippen LogP contribution >= 0.6 is 0 Å². The molecule has 3 saturated carbocycles. The summed E-state index contributed by atoms with van der Waals surface area (Å²) in [6.45, 7) is 0.566. The monoisotopic (exact) mass is 266 g/mol. The number of rotatable bonds is 3. The molecule has 4 rings (SSSR count). The largest absolute Gasteiger partial charge is 0.465 e. The van der Waals surface area contributed by atoms with E-state index >= 15 is 0 Å². The van der Waals surface area contributed by atoms with E-state index in [1.54, 1.807) is 0 Å². The molecule has 1 N–H and O–H groups in total. The van der Waals surface area contributed by atoms with Crippen molar-refractivity contribution in [1.29, 1.82) is 0 Å². The zero-order valence-corrected chi connectivity index (χ0v) is 11.2. The second kappa shape index (κ2) is 4.19. The van der Waals surface area contributed by atoms with Crippen molar-refractivity contribution >= 4 is 5.97 Å². The molecule has 106 valence electrons. The molecule has 6 atom stereocenters. The molecule has 4 heteroatoms. The number of hydrogen-bond acceptors (Lipinski definition) is 4. The Labute approximate surface area is 113 Å². The van der Waals surface area contributed by atoms with Crippen molar-refractivity contribution < 1.29 is 19.4 Å². The van der Waals surface area contributed by atoms with E-state index < -0.39 is 5.60 Å². The summed E-state index contributed by atoms with van der Waals surface area (Å²) in [6.07, 6.45) is 7.57. The Hall–Kier alpha value is -0.610. The predicted molar refractivity (Wildman–Crippen MR) is 67.4 cm³/mol. The Morgan fingerprint density at radius 3 is 2.95 bits per heavy atom. The molecule has 1 heterocycles. The molecule has 1 saturated heterocycles. The first kappa shape index (κ1) is 12.2. The molecule has 0 aromatic carbocycles. The van der Waals surface area contributed by atoms with E-state index in [1.165, 1.54) is 0 Å². The van der Waals surface area contributed by atoms with Crippen LogP contribution in [0.15, 0.2) is 0 Å². The Balaban J connectivity index is 1.23. The summed E-state index contributed by atoms with van der Waals surface area (Å²) < 4.78 is 11.0. The van der Waals surface area contributed by atoms with E-state index in [0.29, 0.717) is 30.7 Å². The number of fused-ring (bicyclic) bond motifs is 2. The summed E-state index contributed by atoms with van der Waals surface area (Å²) >= 11 is 0. The molecular formula is C15H22O4. The number of epoxide rings is 1. The standard InChI is InChI=1S/C15H22O4/c16-14(10-3-4-15(17)7-11(15)6-10)18-8-9-1-2-12-13(5-9)19-12/h9-13,17H,1-8H2. The molecular weight excluding hydrogens is 244 g/mol. The van der Waals surface area contributed by atoms with Crippen molar-refractivity contribution in [1.82, 2.24) is 0 Å². The smallest absolute Gasteiger partial charge is 0.308 e. The van der Waals surface area contributed by atoms with Crippen molar-refractivity contribution in [2.75, 3.05) is 6.61 Å². The Kier molecular flexibility index (Phi) is 2.68. The average molecular weight is 266 g/mol. The van der Waals surface area contributed by atoms with E-state index in [-0.39, 0.29) is 11.9 Å². The van der Waals surface area contributed by atoms with Crippen LogP contribution in [0.4, 0.5) is 0 Å². The van der Waals surface area contributed by atoms with Gasteiger partial charge >= 0.3 is 5.97 Å². The molecule has 6 unspecified atom stereocenters. The highest BCUT2D eigenvalue weighted by Crippen LogP contribution is 2.55. The molecule has 0 radical (unpaired) electrons. The van der Waals surface area contributed by atoms with Crippen molar-refractivity contribution in [3.8, 4) is 0 Å². The third-order valence-corrected chi connectivity index (χ3v) is 5.60. The first-order valence-electron chi connectivity index (χ1n) is 7.68. The zero-order chi connectivity index (χ0) is 13.0. The van der Waals surface area contributed by atoms with E-state index in [9.17, 15) is 9.90 Å². The SMILES string of the molecule is O=C(OCC1CCC2OC2C1)C1CCC2(O)CC2C1. The number of aliphatic hydroxyl groups is 1. The first-order chi connectivity index (χ1) is 9.14. The van der Waals surface area contributed by atoms with Crippen LogP contribution in [0.25, 0.3) is 0 Å². The van der Waals surface area contributed by atoms with Crippen LogP contribution in [0.5, 0.6) is 0 Å². The van der Waals surface area contributed by atoms with Gasteiger partial charge in [0.2, 0.25) is 0 Å². The van der Waals surface area contributed by atoms with Crippen LogP contribution in [0.1, 0.15) is 44.9 Å². The van der Waals surface area contributed by atoms with Gasteiger partial charge in [-0.2, -0.15) is 0 Å². The second-order valence-electron chi connectivity index (χ2n) is 7.00. The molecule has 1 aliphatic heterocycles. The number of esters is 1. The van der Waals surface area contributed by atoms with E-state index in [0.717, 1.165) is 44.9 Å². The molecule has 4 fully saturated rings. The van der Waals surface area contributed by atoms with E-state index in [2.05, 4.69) is 0 Å². The predicted octanol–water partition coefficient (Wildman–Crippen LogP) is 1.65. The highest BCUT2D eigenvalue weighted by molar-refractivity contribution is 5.72. The van der Waals surface area contributed by atoms with Gasteiger partial charge in [-0.05, 0) is 56.8 Å². The van der Waals surface area contributed by atoms with Crippen molar-refractivity contribution in [3.63, 3.8) is 0 Å². The molecule has 0 aromatic heterocycles. The maximum absolute atomic E-state index is 12.1. The van der Waals surface area contributed by atoms with Gasteiger partial charge < -0.3 is 14.6 Å². The Morgan fingerprint density at radius 1 is 1.26 bits per heavy atom. The van der Waals surface area contributed by atoms with Crippen LogP contribution in [0.3, 0.4) is 0 Å². The Bertz CT molecular complexity index is 396. The minimum Gasteiger partial charge on any atom is -0.465 e. The van der Waals surface area contributed by atoms with Gasteiger partial charge in [-0.1, -0.05) is 0 Å². The highest BCUT2D eigenvalue weighted by Gasteiger charge is 2.56. The van der Waals surface area contributed by atoms with Crippen LogP contribution in [-0.4, -0.2) is 35.5 Å². The topological polar surface area (TPSA) is 59.1 Å². The summed E-state index contributed by atoms with van der Waals surface area (Å²) in [7, 11) is 0.